The number of urea groups is 1. The number of nitrogens with zero attached hydrogens (tertiary/aromatic N) is 1. The third-order valence-corrected chi connectivity index (χ3v) is 5.94. The lowest BCUT2D eigenvalue weighted by molar-refractivity contribution is 0.129. The fourth-order valence-electron chi connectivity index (χ4n) is 4.67. The lowest BCUT2D eigenvalue weighted by Crippen LogP contribution is -2.43. The maximum Gasteiger partial charge on any atom is 0.321 e. The van der Waals surface area contributed by atoms with E-state index >= 15 is 0 Å². The van der Waals surface area contributed by atoms with Gasteiger partial charge in [-0.25, -0.2) is 4.79 Å². The molecule has 22 heavy (non-hydrogen) atoms. The Morgan fingerprint density at radius 3 is 2.68 bits per heavy atom. The minimum atomic E-state index is 0.0140. The number of halogens is 2. The highest BCUT2D eigenvalue weighted by atomic mass is 35.5. The van der Waals surface area contributed by atoms with Crippen molar-refractivity contribution < 1.29 is 4.79 Å². The average molecular weight is 343 g/mol. The van der Waals surface area contributed by atoms with Crippen LogP contribution in [0.1, 0.15) is 52.9 Å². The Balaban J connectivity index is 1.71. The van der Waals surface area contributed by atoms with Gasteiger partial charge in [0.2, 0.25) is 0 Å². The van der Waals surface area contributed by atoms with Gasteiger partial charge in [-0.1, -0.05) is 44.0 Å². The summed E-state index contributed by atoms with van der Waals surface area (Å²) in [6.07, 6.45) is 6.60. The predicted octanol–water partition coefficient (Wildman–Crippen LogP) is 4.96. The lowest BCUT2D eigenvalue weighted by atomic mass is 9.65. The Morgan fingerprint density at radius 2 is 2.00 bits per heavy atom. The highest BCUT2D eigenvalue weighted by Gasteiger charge is 2.51. The zero-order valence-electron chi connectivity index (χ0n) is 13.5. The summed E-state index contributed by atoms with van der Waals surface area (Å²) in [4.78, 5) is 14.7. The molecule has 1 heterocycles. The molecule has 0 spiro atoms. The molecular weight excluding hydrogens is 319 g/mol. The predicted molar refractivity (Wildman–Crippen MR) is 90.8 cm³/mol. The molecule has 1 saturated carbocycles. The first-order chi connectivity index (χ1) is 10.2. The second-order valence-corrected chi connectivity index (χ2v) is 9.06. The molecule has 5 heteroatoms. The molecule has 0 aromatic heterocycles. The third-order valence-electron chi connectivity index (χ3n) is 5.12. The smallest absolute Gasteiger partial charge is 0.321 e. The van der Waals surface area contributed by atoms with E-state index < -0.39 is 0 Å². The van der Waals surface area contributed by atoms with Gasteiger partial charge in [0.05, 0.1) is 5.03 Å². The first kappa shape index (κ1) is 16.2. The fourth-order valence-corrected chi connectivity index (χ4v) is 5.05. The molecule has 3 nitrogen and oxygen atoms in total. The van der Waals surface area contributed by atoms with Crippen molar-refractivity contribution in [2.45, 2.75) is 58.9 Å². The van der Waals surface area contributed by atoms with Gasteiger partial charge in [-0.15, -0.1) is 0 Å². The summed E-state index contributed by atoms with van der Waals surface area (Å²) >= 11 is 12.1. The summed E-state index contributed by atoms with van der Waals surface area (Å²) in [5.74, 6) is 0. The second kappa shape index (κ2) is 5.45. The third kappa shape index (κ3) is 3.16. The highest BCUT2D eigenvalue weighted by Crippen LogP contribution is 2.52. The number of hydrogen-bond donors (Lipinski definition) is 1. The van der Waals surface area contributed by atoms with E-state index in [2.05, 4.69) is 26.1 Å². The number of rotatable bonds is 1. The number of nitrogens with one attached hydrogen (secondary N) is 1. The quantitative estimate of drug-likeness (QED) is 0.717. The molecule has 2 unspecified atom stereocenters. The Labute approximate surface area is 142 Å². The van der Waals surface area contributed by atoms with Gasteiger partial charge < -0.3 is 10.2 Å². The first-order valence-corrected chi connectivity index (χ1v) is 8.75. The number of likely N-dealkylation sites (tertiary alicyclic amines) is 1. The van der Waals surface area contributed by atoms with Crippen LogP contribution in [-0.2, 0) is 0 Å². The van der Waals surface area contributed by atoms with E-state index in [4.69, 9.17) is 23.2 Å². The molecule has 0 aromatic carbocycles. The van der Waals surface area contributed by atoms with Crippen molar-refractivity contribution in [3.63, 3.8) is 0 Å². The van der Waals surface area contributed by atoms with Crippen molar-refractivity contribution in [3.05, 3.63) is 21.8 Å². The van der Waals surface area contributed by atoms with Gasteiger partial charge in [0.15, 0.2) is 0 Å². The number of fused-ring (bicyclic) bond motifs is 2. The van der Waals surface area contributed by atoms with Gasteiger partial charge in [0.1, 0.15) is 0 Å². The summed E-state index contributed by atoms with van der Waals surface area (Å²) in [7, 11) is 0. The van der Waals surface area contributed by atoms with Crippen LogP contribution in [0.5, 0.6) is 0 Å². The van der Waals surface area contributed by atoms with Gasteiger partial charge in [-0.3, -0.25) is 0 Å². The van der Waals surface area contributed by atoms with Crippen LogP contribution in [0.3, 0.4) is 0 Å². The van der Waals surface area contributed by atoms with E-state index in [0.717, 1.165) is 31.5 Å². The zero-order valence-corrected chi connectivity index (χ0v) is 15.0. The minimum absolute atomic E-state index is 0.0140. The van der Waals surface area contributed by atoms with Crippen molar-refractivity contribution >= 4 is 29.2 Å². The number of carbonyl (C=O) groups excluding carboxylic acids is 1. The van der Waals surface area contributed by atoms with E-state index in [1.54, 1.807) is 6.08 Å². The van der Waals surface area contributed by atoms with Crippen LogP contribution in [-0.4, -0.2) is 23.5 Å². The summed E-state index contributed by atoms with van der Waals surface area (Å²) in [6, 6.07) is 0.368. The summed E-state index contributed by atoms with van der Waals surface area (Å²) in [5.41, 5.74) is 1.44. The van der Waals surface area contributed by atoms with E-state index in [9.17, 15) is 4.79 Å². The molecule has 2 fully saturated rings. The van der Waals surface area contributed by atoms with E-state index in [0.29, 0.717) is 27.9 Å². The molecule has 0 radical (unpaired) electrons. The second-order valence-electron chi connectivity index (χ2n) is 8.19. The fraction of sp³-hybridized carbons (Fsp3) is 0.706. The van der Waals surface area contributed by atoms with Crippen molar-refractivity contribution in [1.29, 1.82) is 0 Å². The van der Waals surface area contributed by atoms with Gasteiger partial charge in [0, 0.05) is 23.3 Å². The summed E-state index contributed by atoms with van der Waals surface area (Å²) in [6.45, 7) is 7.79. The maximum atomic E-state index is 12.7. The number of hydrogen-bond acceptors (Lipinski definition) is 1. The molecule has 3 aliphatic rings. The standard InChI is InChI=1S/C17H24Cl2N2O/c1-16(2)7-12-8-17(3,9-16)10-21(12)15(22)20-11-4-5-13(18)14(19)6-11/h6,12H,4-5,7-10H2,1-3H3,(H,20,22). The monoisotopic (exact) mass is 342 g/mol. The normalized spacial score (nSPS) is 33.8. The molecular formula is C17H24Cl2N2O. The molecule has 2 amide bonds. The van der Waals surface area contributed by atoms with Crippen molar-refractivity contribution in [2.24, 2.45) is 10.8 Å². The molecule has 1 N–H and O–H groups in total. The van der Waals surface area contributed by atoms with Crippen molar-refractivity contribution in [1.82, 2.24) is 10.2 Å². The van der Waals surface area contributed by atoms with Crippen LogP contribution in [0.2, 0.25) is 0 Å². The Bertz CT molecular complexity index is 567. The Hall–Kier alpha value is -0.670. The minimum Gasteiger partial charge on any atom is -0.321 e. The van der Waals surface area contributed by atoms with Gasteiger partial charge in [-0.05, 0) is 49.0 Å². The molecule has 2 bridgehead atoms. The van der Waals surface area contributed by atoms with Gasteiger partial charge in [-0.2, -0.15) is 0 Å². The largest absolute Gasteiger partial charge is 0.321 e. The molecule has 1 aliphatic heterocycles. The highest BCUT2D eigenvalue weighted by molar-refractivity contribution is 6.40. The molecule has 2 atom stereocenters. The lowest BCUT2D eigenvalue weighted by Gasteiger charge is -2.39. The van der Waals surface area contributed by atoms with E-state index in [1.807, 2.05) is 4.90 Å². The number of carbonyl (C=O) groups is 1. The van der Waals surface area contributed by atoms with Gasteiger partial charge in [0.25, 0.3) is 0 Å². The average Bonchev–Trinajstić information content (AvgIpc) is 2.63. The summed E-state index contributed by atoms with van der Waals surface area (Å²) < 4.78 is 0. The molecule has 3 rings (SSSR count). The van der Waals surface area contributed by atoms with Crippen LogP contribution in [0.25, 0.3) is 0 Å². The van der Waals surface area contributed by atoms with Gasteiger partial charge >= 0.3 is 6.03 Å². The summed E-state index contributed by atoms with van der Waals surface area (Å²) in [5, 5.41) is 4.25. The topological polar surface area (TPSA) is 32.3 Å². The van der Waals surface area contributed by atoms with E-state index in [-0.39, 0.29) is 11.4 Å². The number of allylic oxidation sites excluding steroid dienone is 4. The van der Waals surface area contributed by atoms with Crippen LogP contribution < -0.4 is 5.32 Å². The maximum absolute atomic E-state index is 12.7. The first-order valence-electron chi connectivity index (χ1n) is 8.00. The molecule has 0 aromatic rings. The Morgan fingerprint density at radius 1 is 1.27 bits per heavy atom. The van der Waals surface area contributed by atoms with Crippen LogP contribution >= 0.6 is 23.2 Å². The Kier molecular flexibility index (Phi) is 4.01. The van der Waals surface area contributed by atoms with Crippen molar-refractivity contribution in [2.75, 3.05) is 6.54 Å². The van der Waals surface area contributed by atoms with Crippen LogP contribution in [0, 0.1) is 10.8 Å². The molecule has 1 saturated heterocycles. The van der Waals surface area contributed by atoms with Crippen molar-refractivity contribution in [3.8, 4) is 0 Å². The molecule has 2 aliphatic carbocycles. The molecule has 122 valence electrons. The zero-order chi connectivity index (χ0) is 16.1. The number of amides is 2. The van der Waals surface area contributed by atoms with Crippen LogP contribution in [0.15, 0.2) is 21.8 Å². The van der Waals surface area contributed by atoms with Crippen LogP contribution in [0.4, 0.5) is 4.79 Å². The van der Waals surface area contributed by atoms with E-state index in [1.165, 1.54) is 6.42 Å². The SMILES string of the molecule is CC1(C)CC2CC(C)(CN2C(=O)NC2=CC(Cl)=C(Cl)CC2)C1.